The van der Waals surface area contributed by atoms with Crippen molar-refractivity contribution < 1.29 is 9.47 Å². The van der Waals surface area contributed by atoms with Crippen LogP contribution in [0.2, 0.25) is 0 Å². The van der Waals surface area contributed by atoms with E-state index in [4.69, 9.17) is 14.7 Å². The van der Waals surface area contributed by atoms with Crippen LogP contribution >= 0.6 is 23.3 Å². The quantitative estimate of drug-likeness (QED) is 0.332. The zero-order valence-corrected chi connectivity index (χ0v) is 20.8. The molecule has 1 atom stereocenters. The van der Waals surface area contributed by atoms with Crippen LogP contribution in [0.15, 0.2) is 41.9 Å². The summed E-state index contributed by atoms with van der Waals surface area (Å²) in [6.45, 7) is 4.03. The molecule has 4 rings (SSSR count). The van der Waals surface area contributed by atoms with Gasteiger partial charge in [-0.1, -0.05) is 13.0 Å². The number of thiazole rings is 1. The van der Waals surface area contributed by atoms with Crippen LogP contribution in [0.1, 0.15) is 23.9 Å². The fourth-order valence-electron chi connectivity index (χ4n) is 3.31. The minimum atomic E-state index is 0.163. The van der Waals surface area contributed by atoms with E-state index in [0.29, 0.717) is 40.9 Å². The normalized spacial score (nSPS) is 11.6. The van der Waals surface area contributed by atoms with Gasteiger partial charge in [-0.05, 0) is 43.1 Å². The third kappa shape index (κ3) is 4.98. The number of ether oxygens (including phenoxy) is 2. The maximum Gasteiger partial charge on any atom is 0.239 e. The van der Waals surface area contributed by atoms with Gasteiger partial charge in [-0.2, -0.15) is 5.26 Å². The SMILES string of the molecule is COc1cccc(OC)c1-n1c(NSC(C)Cc2ccc(C#N)cn2)nnc1-c1nc(C)cs1. The number of hydrogen-bond donors (Lipinski definition) is 1. The summed E-state index contributed by atoms with van der Waals surface area (Å²) in [6, 6.07) is 11.3. The molecule has 0 amide bonds. The fourth-order valence-corrected chi connectivity index (χ4v) is 4.77. The Balaban J connectivity index is 1.66. The van der Waals surface area contributed by atoms with Crippen molar-refractivity contribution in [3.63, 3.8) is 0 Å². The van der Waals surface area contributed by atoms with Crippen LogP contribution in [0.5, 0.6) is 11.5 Å². The maximum atomic E-state index is 8.96. The maximum absolute atomic E-state index is 8.96. The molecule has 174 valence electrons. The standard InChI is InChI=1S/C23H23N7O2S2/c1-14-13-33-22(26-14)21-27-28-23(30(21)20-18(31-3)6-5-7-19(20)32-4)29-34-15(2)10-17-9-8-16(11-24)12-25-17/h5-9,12-13,15H,10H2,1-4H3,(H,28,29). The first-order chi connectivity index (χ1) is 16.5. The third-order valence-electron chi connectivity index (χ3n) is 4.90. The largest absolute Gasteiger partial charge is 0.494 e. The van der Waals surface area contributed by atoms with Crippen molar-refractivity contribution in [3.05, 3.63) is 58.9 Å². The average molecular weight is 494 g/mol. The van der Waals surface area contributed by atoms with Crippen LogP contribution < -0.4 is 14.2 Å². The van der Waals surface area contributed by atoms with E-state index in [1.807, 2.05) is 41.1 Å². The molecule has 0 aliphatic rings. The second-order valence-corrected chi connectivity index (χ2v) is 9.48. The molecule has 4 aromatic rings. The van der Waals surface area contributed by atoms with Crippen LogP contribution in [0.25, 0.3) is 16.5 Å². The molecule has 0 bridgehead atoms. The highest BCUT2D eigenvalue weighted by Crippen LogP contribution is 2.38. The molecular weight excluding hydrogens is 470 g/mol. The number of nitriles is 1. The lowest BCUT2D eigenvalue weighted by atomic mass is 10.2. The van der Waals surface area contributed by atoms with Crippen LogP contribution in [-0.2, 0) is 6.42 Å². The fraction of sp³-hybridized carbons (Fsp3) is 0.261. The van der Waals surface area contributed by atoms with E-state index in [-0.39, 0.29) is 5.25 Å². The number of aromatic nitrogens is 5. The number of nitrogens with zero attached hydrogens (tertiary/aromatic N) is 6. The van der Waals surface area contributed by atoms with Gasteiger partial charge < -0.3 is 9.47 Å². The summed E-state index contributed by atoms with van der Waals surface area (Å²) in [5, 5.41) is 20.7. The van der Waals surface area contributed by atoms with E-state index in [1.54, 1.807) is 26.5 Å². The van der Waals surface area contributed by atoms with Gasteiger partial charge >= 0.3 is 0 Å². The molecule has 9 nitrogen and oxygen atoms in total. The third-order valence-corrected chi connectivity index (χ3v) is 6.73. The van der Waals surface area contributed by atoms with Crippen LogP contribution in [-0.4, -0.2) is 44.2 Å². The Bertz CT molecular complexity index is 1290. The first kappa shape index (κ1) is 23.5. The highest BCUT2D eigenvalue weighted by atomic mass is 32.2. The number of nitrogens with one attached hydrogen (secondary N) is 1. The average Bonchev–Trinajstić information content (AvgIpc) is 3.48. The molecule has 34 heavy (non-hydrogen) atoms. The van der Waals surface area contributed by atoms with Gasteiger partial charge in [0.05, 0.1) is 19.8 Å². The van der Waals surface area contributed by atoms with Crippen molar-refractivity contribution in [2.45, 2.75) is 25.5 Å². The first-order valence-corrected chi connectivity index (χ1v) is 12.2. The summed E-state index contributed by atoms with van der Waals surface area (Å²) >= 11 is 3.01. The van der Waals surface area contributed by atoms with Gasteiger partial charge in [0.15, 0.2) is 10.8 Å². The summed E-state index contributed by atoms with van der Waals surface area (Å²) in [6.07, 6.45) is 2.31. The van der Waals surface area contributed by atoms with Crippen molar-refractivity contribution in [2.75, 3.05) is 18.9 Å². The number of benzene rings is 1. The second kappa shape index (κ2) is 10.5. The predicted molar refractivity (Wildman–Crippen MR) is 134 cm³/mol. The number of rotatable bonds is 9. The van der Waals surface area contributed by atoms with Crippen molar-refractivity contribution >= 4 is 29.2 Å². The van der Waals surface area contributed by atoms with Gasteiger partial charge in [-0.3, -0.25) is 14.3 Å². The summed E-state index contributed by atoms with van der Waals surface area (Å²) in [4.78, 5) is 8.97. The van der Waals surface area contributed by atoms with Gasteiger partial charge in [0, 0.05) is 34.6 Å². The molecule has 1 N–H and O–H groups in total. The molecule has 0 spiro atoms. The molecule has 1 unspecified atom stereocenters. The Labute approximate surface area is 205 Å². The number of para-hydroxylation sites is 1. The van der Waals surface area contributed by atoms with E-state index in [9.17, 15) is 0 Å². The molecule has 0 fully saturated rings. The van der Waals surface area contributed by atoms with E-state index < -0.39 is 0 Å². The smallest absolute Gasteiger partial charge is 0.239 e. The van der Waals surface area contributed by atoms with Gasteiger partial charge in [-0.25, -0.2) is 4.98 Å². The zero-order chi connectivity index (χ0) is 24.1. The number of hydrogen-bond acceptors (Lipinski definition) is 10. The number of aryl methyl sites for hydroxylation is 1. The van der Waals surface area contributed by atoms with Gasteiger partial charge in [-0.15, -0.1) is 21.5 Å². The van der Waals surface area contributed by atoms with Crippen molar-refractivity contribution in [2.24, 2.45) is 0 Å². The van der Waals surface area contributed by atoms with E-state index in [1.165, 1.54) is 23.3 Å². The molecule has 0 aliphatic heterocycles. The number of pyridine rings is 1. The molecule has 0 radical (unpaired) electrons. The summed E-state index contributed by atoms with van der Waals surface area (Å²) in [5.41, 5.74) is 3.05. The second-order valence-electron chi connectivity index (χ2n) is 7.37. The van der Waals surface area contributed by atoms with Crippen molar-refractivity contribution in [1.29, 1.82) is 5.26 Å². The molecule has 0 saturated heterocycles. The Hall–Kier alpha value is -3.62. The molecule has 11 heteroatoms. The summed E-state index contributed by atoms with van der Waals surface area (Å²) < 4.78 is 16.5. The van der Waals surface area contributed by atoms with Crippen LogP contribution in [0.4, 0.5) is 5.95 Å². The van der Waals surface area contributed by atoms with Crippen molar-refractivity contribution in [3.8, 4) is 34.1 Å². The Morgan fingerprint density at radius 2 is 1.94 bits per heavy atom. The van der Waals surface area contributed by atoms with E-state index in [2.05, 4.69) is 37.9 Å². The Kier molecular flexibility index (Phi) is 7.30. The van der Waals surface area contributed by atoms with Crippen molar-refractivity contribution in [1.82, 2.24) is 24.7 Å². The first-order valence-electron chi connectivity index (χ1n) is 10.4. The predicted octanol–water partition coefficient (Wildman–Crippen LogP) is 4.67. The lowest BCUT2D eigenvalue weighted by Gasteiger charge is -2.18. The van der Waals surface area contributed by atoms with Crippen LogP contribution in [0, 0.1) is 18.3 Å². The minimum Gasteiger partial charge on any atom is -0.494 e. The van der Waals surface area contributed by atoms with Gasteiger partial charge in [0.25, 0.3) is 0 Å². The molecule has 1 aromatic carbocycles. The minimum absolute atomic E-state index is 0.163. The van der Waals surface area contributed by atoms with Gasteiger partial charge in [0.2, 0.25) is 5.95 Å². The van der Waals surface area contributed by atoms with Gasteiger partial charge in [0.1, 0.15) is 23.3 Å². The number of anilines is 1. The highest BCUT2D eigenvalue weighted by molar-refractivity contribution is 8.01. The lowest BCUT2D eigenvalue weighted by Crippen LogP contribution is -2.10. The highest BCUT2D eigenvalue weighted by Gasteiger charge is 2.24. The van der Waals surface area contributed by atoms with E-state index >= 15 is 0 Å². The van der Waals surface area contributed by atoms with E-state index in [0.717, 1.165) is 16.4 Å². The molecule has 3 heterocycles. The molecule has 0 aliphatic carbocycles. The molecular formula is C23H23N7O2S2. The Morgan fingerprint density at radius 1 is 1.18 bits per heavy atom. The molecule has 0 saturated carbocycles. The molecule has 3 aromatic heterocycles. The summed E-state index contributed by atoms with van der Waals surface area (Å²) in [7, 11) is 3.23. The van der Waals surface area contributed by atoms with Crippen LogP contribution in [0.3, 0.4) is 0 Å². The Morgan fingerprint density at radius 3 is 2.53 bits per heavy atom. The summed E-state index contributed by atoms with van der Waals surface area (Å²) in [5.74, 6) is 2.36. The lowest BCUT2D eigenvalue weighted by molar-refractivity contribution is 0.391. The number of methoxy groups -OCH3 is 2. The zero-order valence-electron chi connectivity index (χ0n) is 19.1. The monoisotopic (exact) mass is 493 g/mol. The topological polar surface area (TPSA) is 111 Å².